The normalized spacial score (nSPS) is 12.9. The van der Waals surface area contributed by atoms with Crippen molar-refractivity contribution in [1.82, 2.24) is 4.98 Å². The number of allylic oxidation sites excluding steroid dienone is 1. The van der Waals surface area contributed by atoms with Crippen LogP contribution in [-0.2, 0) is 0 Å². The molecule has 0 saturated carbocycles. The third-order valence-electron chi connectivity index (χ3n) is 3.68. The number of hydrogen-bond acceptors (Lipinski definition) is 5. The van der Waals surface area contributed by atoms with Crippen molar-refractivity contribution in [3.8, 4) is 28.8 Å². The van der Waals surface area contributed by atoms with Crippen LogP contribution in [0.4, 0.5) is 0 Å². The van der Waals surface area contributed by atoms with Crippen LogP contribution in [0.2, 0.25) is 0 Å². The van der Waals surface area contributed by atoms with Gasteiger partial charge >= 0.3 is 0 Å². The van der Waals surface area contributed by atoms with E-state index < -0.39 is 0 Å². The lowest BCUT2D eigenvalue weighted by Gasteiger charge is -1.99. The van der Waals surface area contributed by atoms with Gasteiger partial charge in [-0.2, -0.15) is 5.26 Å². The van der Waals surface area contributed by atoms with Gasteiger partial charge in [-0.25, -0.2) is 4.98 Å². The smallest absolute Gasteiger partial charge is 0.231 e. The second-order valence-electron chi connectivity index (χ2n) is 5.33. The Morgan fingerprint density at radius 2 is 2.08 bits per heavy atom. The Hall–Kier alpha value is -2.62. The van der Waals surface area contributed by atoms with Gasteiger partial charge < -0.3 is 9.47 Å². The quantitative estimate of drug-likeness (QED) is 0.544. The molecule has 4 nitrogen and oxygen atoms in total. The number of aromatic nitrogens is 1. The van der Waals surface area contributed by atoms with E-state index in [0.29, 0.717) is 16.3 Å². The highest BCUT2D eigenvalue weighted by Crippen LogP contribution is 2.34. The molecule has 1 aromatic heterocycles. The van der Waals surface area contributed by atoms with Crippen LogP contribution in [0.1, 0.15) is 10.6 Å². The molecular formula is C19H11BrN2O2S. The molecule has 25 heavy (non-hydrogen) atoms. The summed E-state index contributed by atoms with van der Waals surface area (Å²) >= 11 is 4.92. The van der Waals surface area contributed by atoms with Crippen LogP contribution in [0.25, 0.3) is 22.9 Å². The Labute approximate surface area is 157 Å². The number of hydrogen-bond donors (Lipinski definition) is 0. The van der Waals surface area contributed by atoms with E-state index in [0.717, 1.165) is 27.0 Å². The van der Waals surface area contributed by atoms with Crippen molar-refractivity contribution in [2.24, 2.45) is 0 Å². The summed E-state index contributed by atoms with van der Waals surface area (Å²) in [7, 11) is 0. The van der Waals surface area contributed by atoms with Crippen molar-refractivity contribution in [3.63, 3.8) is 0 Å². The molecule has 4 rings (SSSR count). The monoisotopic (exact) mass is 410 g/mol. The molecule has 6 heteroatoms. The van der Waals surface area contributed by atoms with E-state index in [4.69, 9.17) is 9.47 Å². The molecule has 0 amide bonds. The van der Waals surface area contributed by atoms with E-state index in [2.05, 4.69) is 27.0 Å². The lowest BCUT2D eigenvalue weighted by atomic mass is 10.1. The van der Waals surface area contributed by atoms with E-state index in [1.165, 1.54) is 11.3 Å². The molecule has 0 spiro atoms. The van der Waals surface area contributed by atoms with E-state index in [9.17, 15) is 5.26 Å². The minimum Gasteiger partial charge on any atom is -0.454 e. The van der Waals surface area contributed by atoms with Crippen molar-refractivity contribution in [3.05, 3.63) is 62.9 Å². The molecular weight excluding hydrogens is 400 g/mol. The Morgan fingerprint density at radius 1 is 1.20 bits per heavy atom. The summed E-state index contributed by atoms with van der Waals surface area (Å²) in [5.41, 5.74) is 3.26. The van der Waals surface area contributed by atoms with Crippen molar-refractivity contribution >= 4 is 38.9 Å². The molecule has 0 radical (unpaired) electrons. The maximum atomic E-state index is 9.54. The second-order valence-corrected chi connectivity index (χ2v) is 7.10. The standard InChI is InChI=1S/C19H11BrN2O2S/c20-15-3-1-2-13(8-15)16-10-25-19(22-16)14(9-21)6-12-4-5-17-18(7-12)24-11-23-17/h1-8,10H,11H2/b14-6-. The fourth-order valence-corrected chi connectivity index (χ4v) is 3.68. The van der Waals surface area contributed by atoms with Crippen molar-refractivity contribution in [1.29, 1.82) is 5.26 Å². The van der Waals surface area contributed by atoms with Crippen molar-refractivity contribution < 1.29 is 9.47 Å². The molecule has 0 bridgehead atoms. The first-order valence-corrected chi connectivity index (χ1v) is 9.13. The zero-order valence-corrected chi connectivity index (χ0v) is 15.3. The van der Waals surface area contributed by atoms with Crippen molar-refractivity contribution in [2.75, 3.05) is 6.79 Å². The maximum absolute atomic E-state index is 9.54. The highest BCUT2D eigenvalue weighted by molar-refractivity contribution is 9.10. The summed E-state index contributed by atoms with van der Waals surface area (Å²) in [5, 5.41) is 12.2. The summed E-state index contributed by atoms with van der Waals surface area (Å²) in [6, 6.07) is 15.8. The molecule has 0 saturated heterocycles. The largest absolute Gasteiger partial charge is 0.454 e. The Morgan fingerprint density at radius 3 is 2.92 bits per heavy atom. The van der Waals surface area contributed by atoms with Gasteiger partial charge in [-0.05, 0) is 35.9 Å². The first-order chi connectivity index (χ1) is 12.2. The van der Waals surface area contributed by atoms with Gasteiger partial charge in [0.2, 0.25) is 6.79 Å². The second kappa shape index (κ2) is 6.71. The van der Waals surface area contributed by atoms with Gasteiger partial charge in [0.25, 0.3) is 0 Å². The fraction of sp³-hybridized carbons (Fsp3) is 0.0526. The van der Waals surface area contributed by atoms with Gasteiger partial charge in [-0.15, -0.1) is 11.3 Å². The molecule has 0 N–H and O–H groups in total. The van der Waals surface area contributed by atoms with Gasteiger partial charge in [0.1, 0.15) is 11.1 Å². The van der Waals surface area contributed by atoms with Gasteiger partial charge in [-0.1, -0.05) is 34.1 Å². The Bertz CT molecular complexity index is 1020. The molecule has 0 atom stereocenters. The number of benzene rings is 2. The molecule has 0 fully saturated rings. The zero-order valence-electron chi connectivity index (χ0n) is 12.9. The number of fused-ring (bicyclic) bond motifs is 1. The van der Waals surface area contributed by atoms with Gasteiger partial charge in [0.15, 0.2) is 11.5 Å². The first kappa shape index (κ1) is 15.9. The number of halogens is 1. The molecule has 122 valence electrons. The average Bonchev–Trinajstić information content (AvgIpc) is 3.28. The minimum atomic E-state index is 0.232. The fourth-order valence-electron chi connectivity index (χ4n) is 2.49. The molecule has 0 unspecified atom stereocenters. The van der Waals surface area contributed by atoms with Crippen LogP contribution in [0.3, 0.4) is 0 Å². The minimum absolute atomic E-state index is 0.232. The lowest BCUT2D eigenvalue weighted by Crippen LogP contribution is -1.92. The molecule has 1 aliphatic heterocycles. The summed E-state index contributed by atoms with van der Waals surface area (Å²) in [6.07, 6.45) is 1.81. The van der Waals surface area contributed by atoms with Crippen molar-refractivity contribution in [2.45, 2.75) is 0 Å². The summed E-state index contributed by atoms with van der Waals surface area (Å²) in [6.45, 7) is 0.232. The Balaban J connectivity index is 1.67. The first-order valence-electron chi connectivity index (χ1n) is 7.46. The van der Waals surface area contributed by atoms with Crippen LogP contribution < -0.4 is 9.47 Å². The molecule has 3 aromatic rings. The third kappa shape index (κ3) is 3.29. The van der Waals surface area contributed by atoms with E-state index in [1.54, 1.807) is 0 Å². The van der Waals surface area contributed by atoms with Crippen LogP contribution in [0.5, 0.6) is 11.5 Å². The molecule has 2 heterocycles. The molecule has 2 aromatic carbocycles. The predicted octanol–water partition coefficient (Wildman–Crippen LogP) is 5.37. The molecule has 0 aliphatic carbocycles. The zero-order chi connectivity index (χ0) is 17.2. The van der Waals surface area contributed by atoms with Gasteiger partial charge in [0.05, 0.1) is 11.3 Å². The van der Waals surface area contributed by atoms with Crippen LogP contribution in [0.15, 0.2) is 52.3 Å². The number of ether oxygens (including phenoxy) is 2. The number of thiazole rings is 1. The summed E-state index contributed by atoms with van der Waals surface area (Å²) in [4.78, 5) is 4.61. The number of nitrogens with zero attached hydrogens (tertiary/aromatic N) is 2. The van der Waals surface area contributed by atoms with E-state index in [1.807, 2.05) is 53.9 Å². The predicted molar refractivity (Wildman–Crippen MR) is 101 cm³/mol. The number of rotatable bonds is 3. The molecule has 1 aliphatic rings. The van der Waals surface area contributed by atoms with E-state index >= 15 is 0 Å². The van der Waals surface area contributed by atoms with Gasteiger partial charge in [0, 0.05) is 15.4 Å². The summed E-state index contributed by atoms with van der Waals surface area (Å²) in [5.74, 6) is 1.42. The third-order valence-corrected chi connectivity index (χ3v) is 5.05. The van der Waals surface area contributed by atoms with Gasteiger partial charge in [-0.3, -0.25) is 0 Å². The topological polar surface area (TPSA) is 55.1 Å². The van der Waals surface area contributed by atoms with Crippen LogP contribution >= 0.6 is 27.3 Å². The maximum Gasteiger partial charge on any atom is 0.231 e. The van der Waals surface area contributed by atoms with Crippen LogP contribution in [0, 0.1) is 11.3 Å². The SMILES string of the molecule is N#C/C(=C/c1ccc2c(c1)OCO2)c1nc(-c2cccc(Br)c2)cs1. The highest BCUT2D eigenvalue weighted by atomic mass is 79.9. The Kier molecular flexibility index (Phi) is 4.26. The lowest BCUT2D eigenvalue weighted by molar-refractivity contribution is 0.174. The average molecular weight is 411 g/mol. The summed E-state index contributed by atoms with van der Waals surface area (Å²) < 4.78 is 11.7. The highest BCUT2D eigenvalue weighted by Gasteiger charge is 2.14. The van der Waals surface area contributed by atoms with Crippen LogP contribution in [-0.4, -0.2) is 11.8 Å². The van der Waals surface area contributed by atoms with E-state index in [-0.39, 0.29) is 6.79 Å². The number of nitriles is 1.